The molecule has 0 radical (unpaired) electrons. The van der Waals surface area contributed by atoms with E-state index in [1.54, 1.807) is 12.1 Å². The van der Waals surface area contributed by atoms with Crippen molar-refractivity contribution in [2.24, 2.45) is 0 Å². The molecule has 1 aromatic carbocycles. The van der Waals surface area contributed by atoms with Gasteiger partial charge in [0.15, 0.2) is 9.71 Å². The summed E-state index contributed by atoms with van der Waals surface area (Å²) in [5.74, 6) is -0.227. The number of hydrogen-bond acceptors (Lipinski definition) is 5. The number of benzene rings is 1. The topological polar surface area (TPSA) is 76.3 Å². The predicted molar refractivity (Wildman–Crippen MR) is 107 cm³/mol. The van der Waals surface area contributed by atoms with Crippen molar-refractivity contribution in [2.45, 2.75) is 13.5 Å². The predicted octanol–water partition coefficient (Wildman–Crippen LogP) is 3.39. The minimum Gasteiger partial charge on any atom is -0.459 e. The number of nitrogens with one attached hydrogen (secondary N) is 2. The van der Waals surface area contributed by atoms with E-state index < -0.39 is 0 Å². The van der Waals surface area contributed by atoms with Gasteiger partial charge in [0.2, 0.25) is 5.91 Å². The Hall–Kier alpha value is -2.71. The molecular formula is C19H19N3O3S2. The van der Waals surface area contributed by atoms with Crippen LogP contribution in [0.3, 0.4) is 0 Å². The summed E-state index contributed by atoms with van der Waals surface area (Å²) in [4.78, 5) is 24.0. The van der Waals surface area contributed by atoms with Crippen molar-refractivity contribution in [2.75, 3.05) is 13.1 Å². The highest BCUT2D eigenvalue weighted by molar-refractivity contribution is 7.73. The van der Waals surface area contributed by atoms with E-state index in [9.17, 15) is 9.59 Å². The molecule has 0 bridgehead atoms. The fourth-order valence-corrected chi connectivity index (χ4v) is 3.58. The number of carbonyl (C=O) groups excluding carboxylic acids is 2. The molecule has 2 aromatic heterocycles. The van der Waals surface area contributed by atoms with Crippen molar-refractivity contribution in [1.29, 1.82) is 0 Å². The van der Waals surface area contributed by atoms with Crippen LogP contribution in [-0.2, 0) is 11.3 Å². The van der Waals surface area contributed by atoms with Crippen LogP contribution in [0.1, 0.15) is 16.1 Å². The van der Waals surface area contributed by atoms with Crippen molar-refractivity contribution in [1.82, 2.24) is 15.2 Å². The lowest BCUT2D eigenvalue weighted by Crippen LogP contribution is -2.36. The summed E-state index contributed by atoms with van der Waals surface area (Å²) in [6.07, 6.45) is 1.44. The number of furan rings is 1. The van der Waals surface area contributed by atoms with Gasteiger partial charge in [-0.3, -0.25) is 9.59 Å². The Labute approximate surface area is 165 Å². The molecule has 2 amide bonds. The largest absolute Gasteiger partial charge is 0.459 e. The quantitative estimate of drug-likeness (QED) is 0.470. The number of nitrogens with zero attached hydrogens (tertiary/aromatic N) is 1. The SMILES string of the molecule is Cc1ccc(-c2csc(=S)n2CC(=O)NCCNC(=O)c2ccco2)cc1. The lowest BCUT2D eigenvalue weighted by atomic mass is 10.1. The number of carbonyl (C=O) groups is 2. The van der Waals surface area contributed by atoms with Crippen molar-refractivity contribution in [3.63, 3.8) is 0 Å². The molecule has 0 unspecified atom stereocenters. The molecule has 140 valence electrons. The first kappa shape index (κ1) is 19.1. The highest BCUT2D eigenvalue weighted by atomic mass is 32.1. The molecule has 8 heteroatoms. The van der Waals surface area contributed by atoms with Gasteiger partial charge in [-0.25, -0.2) is 0 Å². The third-order valence-corrected chi connectivity index (χ3v) is 5.18. The standard InChI is InChI=1S/C19H19N3O3S2/c1-13-4-6-14(7-5-13)15-12-27-19(26)22(15)11-17(23)20-8-9-21-18(24)16-3-2-10-25-16/h2-7,10,12H,8-9,11H2,1H3,(H,20,23)(H,21,24). The Kier molecular flexibility index (Phi) is 6.20. The molecule has 0 saturated carbocycles. The summed E-state index contributed by atoms with van der Waals surface area (Å²) in [6.45, 7) is 2.80. The Bertz CT molecular complexity index is 973. The molecule has 0 aliphatic heterocycles. The zero-order chi connectivity index (χ0) is 19.2. The Morgan fingerprint density at radius 2 is 1.89 bits per heavy atom. The van der Waals surface area contributed by atoms with Crippen molar-refractivity contribution in [3.8, 4) is 11.3 Å². The van der Waals surface area contributed by atoms with Crippen LogP contribution in [0, 0.1) is 10.9 Å². The summed E-state index contributed by atoms with van der Waals surface area (Å²) in [6, 6.07) is 11.3. The van der Waals surface area contributed by atoms with E-state index in [0.29, 0.717) is 17.0 Å². The first-order valence-electron chi connectivity index (χ1n) is 8.38. The Morgan fingerprint density at radius 1 is 1.15 bits per heavy atom. The lowest BCUT2D eigenvalue weighted by Gasteiger charge is -2.10. The second-order valence-electron chi connectivity index (χ2n) is 5.92. The van der Waals surface area contributed by atoms with Crippen molar-refractivity contribution in [3.05, 3.63) is 63.3 Å². The van der Waals surface area contributed by atoms with Gasteiger partial charge in [0, 0.05) is 18.5 Å². The van der Waals surface area contributed by atoms with Gasteiger partial charge in [-0.2, -0.15) is 0 Å². The van der Waals surface area contributed by atoms with Gasteiger partial charge in [0.05, 0.1) is 12.0 Å². The van der Waals surface area contributed by atoms with E-state index in [-0.39, 0.29) is 24.1 Å². The molecule has 0 atom stereocenters. The molecular weight excluding hydrogens is 382 g/mol. The van der Waals surface area contributed by atoms with Crippen LogP contribution in [-0.4, -0.2) is 29.5 Å². The molecule has 27 heavy (non-hydrogen) atoms. The normalized spacial score (nSPS) is 10.6. The lowest BCUT2D eigenvalue weighted by molar-refractivity contribution is -0.121. The van der Waals surface area contributed by atoms with Crippen LogP contribution >= 0.6 is 23.6 Å². The van der Waals surface area contributed by atoms with Crippen molar-refractivity contribution >= 4 is 35.4 Å². The number of aryl methyl sites for hydroxylation is 1. The van der Waals surface area contributed by atoms with Gasteiger partial charge in [-0.15, -0.1) is 11.3 Å². The van der Waals surface area contributed by atoms with Crippen molar-refractivity contribution < 1.29 is 14.0 Å². The van der Waals surface area contributed by atoms with E-state index in [1.165, 1.54) is 23.2 Å². The molecule has 2 heterocycles. The zero-order valence-corrected chi connectivity index (χ0v) is 16.4. The van der Waals surface area contributed by atoms with Gasteiger partial charge in [-0.1, -0.05) is 29.8 Å². The Morgan fingerprint density at radius 3 is 2.59 bits per heavy atom. The summed E-state index contributed by atoms with van der Waals surface area (Å²) in [5.41, 5.74) is 3.12. The summed E-state index contributed by atoms with van der Waals surface area (Å²) in [5, 5.41) is 7.43. The molecule has 0 saturated heterocycles. The van der Waals surface area contributed by atoms with E-state index in [4.69, 9.17) is 16.6 Å². The van der Waals surface area contributed by atoms with E-state index in [2.05, 4.69) is 10.6 Å². The third-order valence-electron chi connectivity index (χ3n) is 3.91. The maximum Gasteiger partial charge on any atom is 0.287 e. The number of hydrogen-bond donors (Lipinski definition) is 2. The average molecular weight is 402 g/mol. The minimum atomic E-state index is -0.309. The van der Waals surface area contributed by atoms with Crippen LogP contribution in [0.5, 0.6) is 0 Å². The van der Waals surface area contributed by atoms with E-state index >= 15 is 0 Å². The second-order valence-corrected chi connectivity index (χ2v) is 7.43. The molecule has 0 spiro atoms. The molecule has 2 N–H and O–H groups in total. The first-order chi connectivity index (χ1) is 13.0. The highest BCUT2D eigenvalue weighted by Crippen LogP contribution is 2.24. The molecule has 0 fully saturated rings. The number of thiazole rings is 1. The maximum atomic E-state index is 12.3. The van der Waals surface area contributed by atoms with Gasteiger partial charge < -0.3 is 19.6 Å². The van der Waals surface area contributed by atoms with Crippen LogP contribution in [0.25, 0.3) is 11.3 Å². The Balaban J connectivity index is 1.54. The molecule has 3 rings (SSSR count). The van der Waals surface area contributed by atoms with Crippen LogP contribution in [0.4, 0.5) is 0 Å². The summed E-state index contributed by atoms with van der Waals surface area (Å²) >= 11 is 6.80. The first-order valence-corrected chi connectivity index (χ1v) is 9.67. The van der Waals surface area contributed by atoms with Crippen LogP contribution in [0.15, 0.2) is 52.5 Å². The maximum absolute atomic E-state index is 12.3. The average Bonchev–Trinajstić information content (AvgIpc) is 3.31. The summed E-state index contributed by atoms with van der Waals surface area (Å²) < 4.78 is 7.47. The van der Waals surface area contributed by atoms with Gasteiger partial charge in [0.25, 0.3) is 5.91 Å². The molecule has 6 nitrogen and oxygen atoms in total. The van der Waals surface area contributed by atoms with E-state index in [0.717, 1.165) is 11.3 Å². The molecule has 3 aromatic rings. The highest BCUT2D eigenvalue weighted by Gasteiger charge is 2.11. The monoisotopic (exact) mass is 401 g/mol. The minimum absolute atomic E-state index is 0.137. The van der Waals surface area contributed by atoms with Crippen LogP contribution < -0.4 is 10.6 Å². The van der Waals surface area contributed by atoms with Crippen LogP contribution in [0.2, 0.25) is 0 Å². The summed E-state index contributed by atoms with van der Waals surface area (Å²) in [7, 11) is 0. The van der Waals surface area contributed by atoms with Gasteiger partial charge >= 0.3 is 0 Å². The fraction of sp³-hybridized carbons (Fsp3) is 0.211. The number of amides is 2. The molecule has 0 aliphatic carbocycles. The fourth-order valence-electron chi connectivity index (χ4n) is 2.50. The van der Waals surface area contributed by atoms with E-state index in [1.807, 2.05) is 41.1 Å². The zero-order valence-electron chi connectivity index (χ0n) is 14.7. The third kappa shape index (κ3) is 4.93. The second kappa shape index (κ2) is 8.79. The molecule has 0 aliphatic rings. The van der Waals surface area contributed by atoms with Gasteiger partial charge in [0.1, 0.15) is 6.54 Å². The number of rotatable bonds is 7. The number of aromatic nitrogens is 1. The smallest absolute Gasteiger partial charge is 0.287 e. The van der Waals surface area contributed by atoms with Gasteiger partial charge in [-0.05, 0) is 36.8 Å².